The van der Waals surface area contributed by atoms with Crippen molar-refractivity contribution in [3.8, 4) is 11.3 Å². The van der Waals surface area contributed by atoms with E-state index in [9.17, 15) is 13.6 Å². The number of fused-ring (bicyclic) bond motifs is 1. The average Bonchev–Trinajstić information content (AvgIpc) is 2.98. The number of pyridine rings is 1. The summed E-state index contributed by atoms with van der Waals surface area (Å²) < 4.78 is 28.9. The summed E-state index contributed by atoms with van der Waals surface area (Å²) in [5, 5.41) is 4.29. The number of anilines is 1. The van der Waals surface area contributed by atoms with Gasteiger partial charge in [-0.15, -0.1) is 5.10 Å². The van der Waals surface area contributed by atoms with Gasteiger partial charge in [0, 0.05) is 5.56 Å². The maximum Gasteiger partial charge on any atom is 0.353 e. The first-order valence-corrected chi connectivity index (χ1v) is 8.54. The first-order chi connectivity index (χ1) is 12.9. The Balaban J connectivity index is 1.85. The van der Waals surface area contributed by atoms with Gasteiger partial charge in [-0.1, -0.05) is 0 Å². The van der Waals surface area contributed by atoms with Crippen molar-refractivity contribution in [1.82, 2.24) is 24.1 Å². The van der Waals surface area contributed by atoms with Gasteiger partial charge in [-0.2, -0.15) is 0 Å². The summed E-state index contributed by atoms with van der Waals surface area (Å²) in [4.78, 5) is 20.8. The lowest BCUT2D eigenvalue weighted by Gasteiger charge is -2.06. The van der Waals surface area contributed by atoms with Crippen LogP contribution in [0.4, 0.5) is 14.7 Å². The maximum absolute atomic E-state index is 13.2. The van der Waals surface area contributed by atoms with Crippen molar-refractivity contribution in [2.24, 2.45) is 0 Å². The van der Waals surface area contributed by atoms with E-state index in [1.54, 1.807) is 12.1 Å². The third-order valence-corrected chi connectivity index (χ3v) is 4.65. The highest BCUT2D eigenvalue weighted by molar-refractivity contribution is 9.10. The Bertz CT molecular complexity index is 1200. The highest BCUT2D eigenvalue weighted by Gasteiger charge is 2.18. The molecule has 0 bridgehead atoms. The van der Waals surface area contributed by atoms with Crippen LogP contribution in [-0.4, -0.2) is 24.1 Å². The van der Waals surface area contributed by atoms with Gasteiger partial charge in [-0.05, 0) is 52.3 Å². The molecule has 4 aromatic rings. The Labute approximate surface area is 159 Å². The van der Waals surface area contributed by atoms with Gasteiger partial charge in [0.1, 0.15) is 11.6 Å². The van der Waals surface area contributed by atoms with Crippen LogP contribution in [-0.2, 0) is 6.54 Å². The number of benzene rings is 1. The van der Waals surface area contributed by atoms with Crippen LogP contribution in [0.3, 0.4) is 0 Å². The first kappa shape index (κ1) is 17.3. The fourth-order valence-corrected chi connectivity index (χ4v) is 3.21. The molecule has 1 aromatic carbocycles. The molecule has 0 radical (unpaired) electrons. The molecule has 0 saturated carbocycles. The van der Waals surface area contributed by atoms with Crippen LogP contribution in [0.15, 0.2) is 51.9 Å². The van der Waals surface area contributed by atoms with Crippen molar-refractivity contribution in [2.45, 2.75) is 6.54 Å². The van der Waals surface area contributed by atoms with E-state index in [4.69, 9.17) is 5.73 Å². The summed E-state index contributed by atoms with van der Waals surface area (Å²) in [5.74, 6) is -0.909. The number of hydrogen-bond acceptors (Lipinski definition) is 5. The molecule has 27 heavy (non-hydrogen) atoms. The third kappa shape index (κ3) is 3.08. The Hall–Kier alpha value is -3.14. The second kappa shape index (κ2) is 6.54. The molecule has 0 aliphatic rings. The molecule has 3 heterocycles. The second-order valence-electron chi connectivity index (χ2n) is 5.71. The van der Waals surface area contributed by atoms with Crippen LogP contribution in [0.1, 0.15) is 5.69 Å². The molecule has 10 heteroatoms. The molecule has 7 nitrogen and oxygen atoms in total. The predicted octanol–water partition coefficient (Wildman–Crippen LogP) is 2.62. The molecule has 0 spiro atoms. The van der Waals surface area contributed by atoms with Crippen LogP contribution >= 0.6 is 15.9 Å². The van der Waals surface area contributed by atoms with Crippen LogP contribution in [0.2, 0.25) is 0 Å². The maximum atomic E-state index is 13.2. The highest BCUT2D eigenvalue weighted by atomic mass is 79.9. The standard InChI is InChI=1S/C17H11BrF2N6O/c18-13-14(9-1-3-10(19)4-2-9)23-16(21)26-15(13)24-25(17(26)27)8-12-6-5-11(20)7-22-12/h1-7H,8H2,(H2,21,23). The van der Waals surface area contributed by atoms with Crippen molar-refractivity contribution >= 4 is 27.5 Å². The van der Waals surface area contributed by atoms with Crippen molar-refractivity contribution in [3.05, 3.63) is 74.9 Å². The topological polar surface area (TPSA) is 91.1 Å². The van der Waals surface area contributed by atoms with Crippen LogP contribution in [0, 0.1) is 11.6 Å². The van der Waals surface area contributed by atoms with Gasteiger partial charge in [-0.25, -0.2) is 27.6 Å². The number of hydrogen-bond donors (Lipinski definition) is 1. The summed E-state index contributed by atoms with van der Waals surface area (Å²) in [6.07, 6.45) is 1.06. The van der Waals surface area contributed by atoms with Crippen molar-refractivity contribution in [2.75, 3.05) is 5.73 Å². The number of nitrogens with zero attached hydrogens (tertiary/aromatic N) is 5. The van der Waals surface area contributed by atoms with Gasteiger partial charge >= 0.3 is 5.69 Å². The Morgan fingerprint density at radius 1 is 1.07 bits per heavy atom. The molecule has 4 rings (SSSR count). The van der Waals surface area contributed by atoms with Gasteiger partial charge in [0.2, 0.25) is 5.95 Å². The zero-order chi connectivity index (χ0) is 19.1. The smallest absolute Gasteiger partial charge is 0.353 e. The zero-order valence-electron chi connectivity index (χ0n) is 13.6. The molecular formula is C17H11BrF2N6O. The molecule has 0 amide bonds. The molecule has 0 saturated heterocycles. The quantitative estimate of drug-likeness (QED) is 0.537. The molecule has 136 valence electrons. The summed E-state index contributed by atoms with van der Waals surface area (Å²) in [7, 11) is 0. The van der Waals surface area contributed by atoms with E-state index >= 15 is 0 Å². The summed E-state index contributed by atoms with van der Waals surface area (Å²) in [6, 6.07) is 8.42. The molecule has 0 aliphatic carbocycles. The average molecular weight is 433 g/mol. The normalized spacial score (nSPS) is 11.2. The lowest BCUT2D eigenvalue weighted by molar-refractivity contribution is 0.609. The summed E-state index contributed by atoms with van der Waals surface area (Å²) in [6.45, 7) is 0.0402. The van der Waals surface area contributed by atoms with Gasteiger partial charge in [-0.3, -0.25) is 4.98 Å². The number of nitrogens with two attached hydrogens (primary N) is 1. The van der Waals surface area contributed by atoms with E-state index in [1.807, 2.05) is 0 Å². The minimum absolute atomic E-state index is 0.0402. The molecule has 0 atom stereocenters. The SMILES string of the molecule is Nc1nc(-c2ccc(F)cc2)c(Br)c2nn(Cc3ccc(F)cn3)c(=O)n12. The third-order valence-electron chi connectivity index (χ3n) is 3.92. The van der Waals surface area contributed by atoms with Crippen molar-refractivity contribution in [1.29, 1.82) is 0 Å². The molecule has 0 aliphatic heterocycles. The van der Waals surface area contributed by atoms with Crippen LogP contribution in [0.5, 0.6) is 0 Å². The van der Waals surface area contributed by atoms with E-state index in [1.165, 1.54) is 24.3 Å². The predicted molar refractivity (Wildman–Crippen MR) is 98.1 cm³/mol. The fourth-order valence-electron chi connectivity index (χ4n) is 2.63. The zero-order valence-corrected chi connectivity index (χ0v) is 15.2. The summed E-state index contributed by atoms with van der Waals surface area (Å²) in [5.41, 5.74) is 7.21. The Kier molecular flexibility index (Phi) is 4.19. The summed E-state index contributed by atoms with van der Waals surface area (Å²) >= 11 is 3.40. The number of aromatic nitrogens is 5. The molecule has 0 fully saturated rings. The molecule has 0 unspecified atom stereocenters. The largest absolute Gasteiger partial charge is 0.369 e. The van der Waals surface area contributed by atoms with Gasteiger partial charge < -0.3 is 5.73 Å². The second-order valence-corrected chi connectivity index (χ2v) is 6.50. The number of nitrogen functional groups attached to an aromatic ring is 1. The monoisotopic (exact) mass is 432 g/mol. The van der Waals surface area contributed by atoms with Gasteiger partial charge in [0.05, 0.1) is 28.6 Å². The fraction of sp³-hybridized carbons (Fsp3) is 0.0588. The van der Waals surface area contributed by atoms with E-state index in [0.29, 0.717) is 21.4 Å². The lowest BCUT2D eigenvalue weighted by atomic mass is 10.1. The molecule has 2 N–H and O–H groups in total. The molecule has 3 aromatic heterocycles. The Morgan fingerprint density at radius 2 is 1.78 bits per heavy atom. The number of rotatable bonds is 3. The first-order valence-electron chi connectivity index (χ1n) is 7.75. The minimum Gasteiger partial charge on any atom is -0.369 e. The Morgan fingerprint density at radius 3 is 2.44 bits per heavy atom. The van der Waals surface area contributed by atoms with E-state index in [2.05, 4.69) is 31.0 Å². The van der Waals surface area contributed by atoms with Crippen LogP contribution in [0.25, 0.3) is 16.9 Å². The van der Waals surface area contributed by atoms with E-state index < -0.39 is 11.5 Å². The van der Waals surface area contributed by atoms with Gasteiger partial charge in [0.25, 0.3) is 0 Å². The van der Waals surface area contributed by atoms with Crippen molar-refractivity contribution in [3.63, 3.8) is 0 Å². The van der Waals surface area contributed by atoms with E-state index in [0.717, 1.165) is 15.3 Å². The number of halogens is 3. The van der Waals surface area contributed by atoms with Gasteiger partial charge in [0.15, 0.2) is 5.65 Å². The molecular weight excluding hydrogens is 422 g/mol. The van der Waals surface area contributed by atoms with Crippen molar-refractivity contribution < 1.29 is 8.78 Å². The minimum atomic E-state index is -0.507. The van der Waals surface area contributed by atoms with Crippen LogP contribution < -0.4 is 11.4 Å². The highest BCUT2D eigenvalue weighted by Crippen LogP contribution is 2.30. The lowest BCUT2D eigenvalue weighted by Crippen LogP contribution is -2.24. The van der Waals surface area contributed by atoms with E-state index in [-0.39, 0.29) is 24.0 Å².